The van der Waals surface area contributed by atoms with Crippen LogP contribution in [0, 0.1) is 13.8 Å². The van der Waals surface area contributed by atoms with Crippen molar-refractivity contribution in [3.8, 4) is 5.75 Å². The first-order valence-corrected chi connectivity index (χ1v) is 5.55. The smallest absolute Gasteiger partial charge is 0.142 e. The Morgan fingerprint density at radius 2 is 2.00 bits per heavy atom. The molecule has 0 saturated carbocycles. The maximum absolute atomic E-state index is 6.19. The number of benzene rings is 1. The topological polar surface area (TPSA) is 12.5 Å². The Hall–Kier alpha value is -0.600. The van der Waals surface area contributed by atoms with Crippen LogP contribution in [0.4, 0.5) is 5.69 Å². The van der Waals surface area contributed by atoms with Crippen LogP contribution in [0.2, 0.25) is 5.02 Å². The van der Waals surface area contributed by atoms with Gasteiger partial charge >= 0.3 is 0 Å². The molecule has 15 heavy (non-hydrogen) atoms. The van der Waals surface area contributed by atoms with Gasteiger partial charge in [-0.05, 0) is 31.0 Å². The molecule has 1 aromatic rings. The molecule has 0 atom stereocenters. The normalized spacial score (nSPS) is 10.3. The molecule has 0 saturated heterocycles. The standard InChI is InChI=1S/C11H15Cl2NO/c1-7-5-9(15-4)11(14(3)6-12)8(2)10(7)13/h5H,6H2,1-4H3. The van der Waals surface area contributed by atoms with Gasteiger partial charge < -0.3 is 9.64 Å². The van der Waals surface area contributed by atoms with Crippen LogP contribution in [0.5, 0.6) is 5.75 Å². The lowest BCUT2D eigenvalue weighted by molar-refractivity contribution is 0.414. The zero-order chi connectivity index (χ0) is 11.6. The van der Waals surface area contributed by atoms with E-state index in [1.54, 1.807) is 7.11 Å². The van der Waals surface area contributed by atoms with Crippen molar-refractivity contribution in [3.63, 3.8) is 0 Å². The number of anilines is 1. The molecule has 0 aromatic heterocycles. The minimum Gasteiger partial charge on any atom is -0.495 e. The Bertz CT molecular complexity index is 366. The van der Waals surface area contributed by atoms with Gasteiger partial charge in [-0.2, -0.15) is 0 Å². The molecule has 1 rings (SSSR count). The fraction of sp³-hybridized carbons (Fsp3) is 0.455. The first-order chi connectivity index (χ1) is 7.02. The Balaban J connectivity index is 3.40. The number of hydrogen-bond donors (Lipinski definition) is 0. The van der Waals surface area contributed by atoms with Crippen LogP contribution < -0.4 is 9.64 Å². The summed E-state index contributed by atoms with van der Waals surface area (Å²) in [4.78, 5) is 1.90. The average molecular weight is 248 g/mol. The molecule has 0 N–H and O–H groups in total. The largest absolute Gasteiger partial charge is 0.495 e. The molecule has 0 fully saturated rings. The summed E-state index contributed by atoms with van der Waals surface area (Å²) in [6.45, 7) is 3.93. The highest BCUT2D eigenvalue weighted by Gasteiger charge is 2.15. The first kappa shape index (κ1) is 12.5. The molecule has 0 heterocycles. The second-order valence-electron chi connectivity index (χ2n) is 3.50. The number of ether oxygens (including phenoxy) is 1. The molecule has 84 valence electrons. The fourth-order valence-corrected chi connectivity index (χ4v) is 1.87. The molecule has 0 spiro atoms. The zero-order valence-corrected chi connectivity index (χ0v) is 10.9. The molecule has 4 heteroatoms. The van der Waals surface area contributed by atoms with Gasteiger partial charge in [-0.3, -0.25) is 0 Å². The number of methoxy groups -OCH3 is 1. The third kappa shape index (κ3) is 2.32. The van der Waals surface area contributed by atoms with Gasteiger partial charge in [0.1, 0.15) is 5.75 Å². The van der Waals surface area contributed by atoms with E-state index >= 15 is 0 Å². The highest BCUT2D eigenvalue weighted by atomic mass is 35.5. The van der Waals surface area contributed by atoms with Crippen molar-refractivity contribution in [1.29, 1.82) is 0 Å². The average Bonchev–Trinajstić information content (AvgIpc) is 2.24. The number of rotatable bonds is 3. The van der Waals surface area contributed by atoms with E-state index in [0.717, 1.165) is 27.6 Å². The molecule has 1 aromatic carbocycles. The van der Waals surface area contributed by atoms with E-state index < -0.39 is 0 Å². The van der Waals surface area contributed by atoms with Crippen molar-refractivity contribution < 1.29 is 4.74 Å². The summed E-state index contributed by atoms with van der Waals surface area (Å²) in [5.74, 6) is 0.803. The highest BCUT2D eigenvalue weighted by Crippen LogP contribution is 2.37. The van der Waals surface area contributed by atoms with Gasteiger partial charge in [0, 0.05) is 12.1 Å². The van der Waals surface area contributed by atoms with Crippen molar-refractivity contribution in [2.45, 2.75) is 13.8 Å². The Morgan fingerprint density at radius 1 is 1.40 bits per heavy atom. The minimum absolute atomic E-state index is 0.399. The van der Waals surface area contributed by atoms with E-state index in [1.807, 2.05) is 31.9 Å². The molecule has 2 nitrogen and oxygen atoms in total. The van der Waals surface area contributed by atoms with Crippen LogP contribution >= 0.6 is 23.2 Å². The maximum Gasteiger partial charge on any atom is 0.142 e. The van der Waals surface area contributed by atoms with Crippen LogP contribution in [-0.4, -0.2) is 20.2 Å². The number of aryl methyl sites for hydroxylation is 1. The SMILES string of the molecule is COc1cc(C)c(Cl)c(C)c1N(C)CCl. The van der Waals surface area contributed by atoms with Crippen LogP contribution in [0.25, 0.3) is 0 Å². The molecular formula is C11H15Cl2NO. The van der Waals surface area contributed by atoms with E-state index in [2.05, 4.69) is 0 Å². The van der Waals surface area contributed by atoms with E-state index in [-0.39, 0.29) is 0 Å². The van der Waals surface area contributed by atoms with Gasteiger partial charge in [0.05, 0.1) is 18.8 Å². The van der Waals surface area contributed by atoms with Gasteiger partial charge in [0.2, 0.25) is 0 Å². The highest BCUT2D eigenvalue weighted by molar-refractivity contribution is 6.32. The lowest BCUT2D eigenvalue weighted by atomic mass is 10.1. The van der Waals surface area contributed by atoms with Crippen LogP contribution in [0.3, 0.4) is 0 Å². The molecule has 0 bridgehead atoms. The number of halogens is 2. The maximum atomic E-state index is 6.19. The van der Waals surface area contributed by atoms with E-state index in [1.165, 1.54) is 0 Å². The summed E-state index contributed by atoms with van der Waals surface area (Å²) in [5.41, 5.74) is 2.96. The summed E-state index contributed by atoms with van der Waals surface area (Å²) < 4.78 is 5.33. The van der Waals surface area contributed by atoms with Crippen molar-refractivity contribution in [2.24, 2.45) is 0 Å². The van der Waals surface area contributed by atoms with E-state index in [4.69, 9.17) is 27.9 Å². The number of hydrogen-bond acceptors (Lipinski definition) is 2. The first-order valence-electron chi connectivity index (χ1n) is 4.63. The van der Waals surface area contributed by atoms with Crippen molar-refractivity contribution in [2.75, 3.05) is 25.1 Å². The molecule has 0 unspecified atom stereocenters. The van der Waals surface area contributed by atoms with Gasteiger partial charge in [-0.1, -0.05) is 11.6 Å². The second-order valence-corrected chi connectivity index (χ2v) is 4.12. The lowest BCUT2D eigenvalue weighted by Gasteiger charge is -2.22. The molecule has 0 amide bonds. The molecule has 0 aliphatic carbocycles. The summed E-state index contributed by atoms with van der Waals surface area (Å²) in [6.07, 6.45) is 0. The van der Waals surface area contributed by atoms with Crippen LogP contribution in [-0.2, 0) is 0 Å². The Labute approximate surface area is 101 Å². The van der Waals surface area contributed by atoms with Crippen molar-refractivity contribution in [1.82, 2.24) is 0 Å². The van der Waals surface area contributed by atoms with E-state index in [9.17, 15) is 0 Å². The van der Waals surface area contributed by atoms with Crippen molar-refractivity contribution >= 4 is 28.9 Å². The van der Waals surface area contributed by atoms with Crippen molar-refractivity contribution in [3.05, 3.63) is 22.2 Å². The van der Waals surface area contributed by atoms with Crippen LogP contribution in [0.1, 0.15) is 11.1 Å². The predicted octanol–water partition coefficient (Wildman–Crippen LogP) is 3.60. The summed E-state index contributed by atoms with van der Waals surface area (Å²) in [5, 5.41) is 0.766. The summed E-state index contributed by atoms with van der Waals surface area (Å²) in [6, 6.07) is 2.32. The molecule has 0 aliphatic heterocycles. The van der Waals surface area contributed by atoms with Gasteiger partial charge in [0.15, 0.2) is 0 Å². The molecule has 0 aliphatic rings. The molecule has 0 radical (unpaired) electrons. The third-order valence-electron chi connectivity index (χ3n) is 2.39. The second kappa shape index (κ2) is 4.95. The lowest BCUT2D eigenvalue weighted by Crippen LogP contribution is -2.17. The quantitative estimate of drug-likeness (QED) is 0.598. The summed E-state index contributed by atoms with van der Waals surface area (Å²) in [7, 11) is 3.55. The van der Waals surface area contributed by atoms with Gasteiger partial charge in [0.25, 0.3) is 0 Å². The Kier molecular flexibility index (Phi) is 4.12. The monoisotopic (exact) mass is 247 g/mol. The van der Waals surface area contributed by atoms with Crippen LogP contribution in [0.15, 0.2) is 6.07 Å². The minimum atomic E-state index is 0.399. The zero-order valence-electron chi connectivity index (χ0n) is 9.40. The Morgan fingerprint density at radius 3 is 2.47 bits per heavy atom. The number of nitrogens with zero attached hydrogens (tertiary/aromatic N) is 1. The number of alkyl halides is 1. The predicted molar refractivity (Wildman–Crippen MR) is 66.6 cm³/mol. The fourth-order valence-electron chi connectivity index (χ4n) is 1.60. The summed E-state index contributed by atoms with van der Waals surface area (Å²) >= 11 is 12.0. The molecular weight excluding hydrogens is 233 g/mol. The van der Waals surface area contributed by atoms with E-state index in [0.29, 0.717) is 6.00 Å². The third-order valence-corrected chi connectivity index (χ3v) is 3.33. The van der Waals surface area contributed by atoms with Gasteiger partial charge in [-0.25, -0.2) is 0 Å². The van der Waals surface area contributed by atoms with Gasteiger partial charge in [-0.15, -0.1) is 11.6 Å².